The summed E-state index contributed by atoms with van der Waals surface area (Å²) in [4.78, 5) is 23.4. The third-order valence-electron chi connectivity index (χ3n) is 5.67. The maximum Gasteiger partial charge on any atom is 0.260 e. The molecule has 0 aliphatic carbocycles. The van der Waals surface area contributed by atoms with Gasteiger partial charge in [-0.25, -0.2) is 4.98 Å². The van der Waals surface area contributed by atoms with Gasteiger partial charge in [-0.05, 0) is 42.0 Å². The van der Waals surface area contributed by atoms with Gasteiger partial charge >= 0.3 is 0 Å². The Kier molecular flexibility index (Phi) is 5.10. The Balaban J connectivity index is 1.36. The number of rotatable bonds is 4. The first-order valence-corrected chi connectivity index (χ1v) is 11.1. The van der Waals surface area contributed by atoms with E-state index in [1.165, 1.54) is 16.1 Å². The molecule has 0 bridgehead atoms. The molecule has 1 saturated heterocycles. The van der Waals surface area contributed by atoms with E-state index in [0.29, 0.717) is 16.4 Å². The molecule has 1 aromatic carbocycles. The average Bonchev–Trinajstić information content (AvgIpc) is 3.28. The molecule has 0 spiro atoms. The zero-order valence-corrected chi connectivity index (χ0v) is 18.4. The molecule has 0 radical (unpaired) electrons. The number of primary amides is 1. The standard InChI is InChI=1S/C21H23N9OS/c1-28-26-20(25-27-28)13-3-5-14(6-4-13)29-9-2-10-30(12-11-29)15-7-8-24-21-16(15)17(22)18(32-21)19(23)31/h3-8H,2,9-12,22H2,1H3,(H2,23,31). The molecule has 11 heteroatoms. The number of tetrazole rings is 1. The fourth-order valence-corrected chi connectivity index (χ4v) is 5.05. The Morgan fingerprint density at radius 3 is 2.53 bits per heavy atom. The van der Waals surface area contributed by atoms with Crippen molar-refractivity contribution in [2.24, 2.45) is 12.8 Å². The van der Waals surface area contributed by atoms with Gasteiger partial charge in [0.1, 0.15) is 9.71 Å². The van der Waals surface area contributed by atoms with Crippen LogP contribution in [-0.4, -0.2) is 57.3 Å². The number of fused-ring (bicyclic) bond motifs is 1. The van der Waals surface area contributed by atoms with Gasteiger partial charge < -0.3 is 21.3 Å². The highest BCUT2D eigenvalue weighted by Gasteiger charge is 2.22. The molecule has 4 N–H and O–H groups in total. The summed E-state index contributed by atoms with van der Waals surface area (Å²) in [5.74, 6) is 0.102. The Labute approximate surface area is 188 Å². The van der Waals surface area contributed by atoms with Crippen molar-refractivity contribution in [3.63, 3.8) is 0 Å². The maximum absolute atomic E-state index is 11.7. The minimum Gasteiger partial charge on any atom is -0.397 e. The lowest BCUT2D eigenvalue weighted by atomic mass is 10.2. The second kappa shape index (κ2) is 8.08. The highest BCUT2D eigenvalue weighted by molar-refractivity contribution is 7.21. The van der Waals surface area contributed by atoms with Crippen LogP contribution < -0.4 is 21.3 Å². The van der Waals surface area contributed by atoms with E-state index in [0.717, 1.165) is 59.8 Å². The van der Waals surface area contributed by atoms with E-state index in [4.69, 9.17) is 11.5 Å². The highest BCUT2D eigenvalue weighted by atomic mass is 32.1. The number of benzene rings is 1. The van der Waals surface area contributed by atoms with Crippen LogP contribution in [0.2, 0.25) is 0 Å². The van der Waals surface area contributed by atoms with Crippen LogP contribution in [0.25, 0.3) is 21.6 Å². The number of carbonyl (C=O) groups is 1. The van der Waals surface area contributed by atoms with E-state index in [2.05, 4.69) is 42.3 Å². The van der Waals surface area contributed by atoms with Crippen LogP contribution in [0.15, 0.2) is 36.5 Å². The van der Waals surface area contributed by atoms with Crippen LogP contribution >= 0.6 is 11.3 Å². The van der Waals surface area contributed by atoms with Crippen LogP contribution in [-0.2, 0) is 7.05 Å². The number of aryl methyl sites for hydroxylation is 1. The molecule has 10 nitrogen and oxygen atoms in total. The van der Waals surface area contributed by atoms with E-state index in [1.54, 1.807) is 13.2 Å². The summed E-state index contributed by atoms with van der Waals surface area (Å²) in [6, 6.07) is 10.2. The van der Waals surface area contributed by atoms with Gasteiger partial charge in [0.05, 0.1) is 23.8 Å². The van der Waals surface area contributed by atoms with Crippen molar-refractivity contribution in [3.05, 3.63) is 41.4 Å². The summed E-state index contributed by atoms with van der Waals surface area (Å²) >= 11 is 1.25. The molecule has 0 atom stereocenters. The van der Waals surface area contributed by atoms with E-state index in [1.807, 2.05) is 18.2 Å². The molecule has 1 fully saturated rings. The maximum atomic E-state index is 11.7. The Hall–Kier alpha value is -3.73. The van der Waals surface area contributed by atoms with Gasteiger partial charge in [-0.2, -0.15) is 4.80 Å². The quantitative estimate of drug-likeness (QED) is 0.483. The van der Waals surface area contributed by atoms with E-state index >= 15 is 0 Å². The van der Waals surface area contributed by atoms with Gasteiger partial charge in [0.2, 0.25) is 5.82 Å². The van der Waals surface area contributed by atoms with Crippen LogP contribution in [0.5, 0.6) is 0 Å². The zero-order valence-electron chi connectivity index (χ0n) is 17.6. The lowest BCUT2D eigenvalue weighted by Gasteiger charge is -2.25. The number of aromatic nitrogens is 5. The number of thiophene rings is 1. The number of amides is 1. The van der Waals surface area contributed by atoms with Crippen molar-refractivity contribution in [3.8, 4) is 11.4 Å². The molecule has 1 aliphatic rings. The molecular weight excluding hydrogens is 426 g/mol. The molecule has 1 aliphatic heterocycles. The molecule has 0 saturated carbocycles. The highest BCUT2D eigenvalue weighted by Crippen LogP contribution is 2.38. The molecule has 0 unspecified atom stereocenters. The number of hydrogen-bond acceptors (Lipinski definition) is 9. The monoisotopic (exact) mass is 449 g/mol. The van der Waals surface area contributed by atoms with Gasteiger partial charge in [0.15, 0.2) is 0 Å². The third-order valence-corrected chi connectivity index (χ3v) is 6.79. The van der Waals surface area contributed by atoms with Crippen molar-refractivity contribution in [1.29, 1.82) is 0 Å². The lowest BCUT2D eigenvalue weighted by Crippen LogP contribution is -2.30. The summed E-state index contributed by atoms with van der Waals surface area (Å²) in [7, 11) is 1.75. The molecule has 164 valence electrons. The minimum absolute atomic E-state index is 0.370. The van der Waals surface area contributed by atoms with E-state index < -0.39 is 5.91 Å². The molecule has 3 aromatic heterocycles. The second-order valence-corrected chi connectivity index (χ2v) is 8.70. The predicted molar refractivity (Wildman–Crippen MR) is 126 cm³/mol. The first kappa shape index (κ1) is 20.2. The molecule has 4 heterocycles. The van der Waals surface area contributed by atoms with Crippen molar-refractivity contribution in [1.82, 2.24) is 25.2 Å². The third kappa shape index (κ3) is 3.60. The Morgan fingerprint density at radius 1 is 1.06 bits per heavy atom. The van der Waals surface area contributed by atoms with Gasteiger partial charge in [-0.3, -0.25) is 4.79 Å². The van der Waals surface area contributed by atoms with Crippen molar-refractivity contribution in [2.45, 2.75) is 6.42 Å². The van der Waals surface area contributed by atoms with Gasteiger partial charge in [-0.1, -0.05) is 0 Å². The minimum atomic E-state index is -0.515. The van der Waals surface area contributed by atoms with Crippen LogP contribution in [0.1, 0.15) is 16.1 Å². The number of carbonyl (C=O) groups excluding carboxylic acids is 1. The molecule has 4 aromatic rings. The summed E-state index contributed by atoms with van der Waals surface area (Å²) in [5.41, 5.74) is 15.3. The Bertz CT molecular complexity index is 1280. The first-order valence-electron chi connectivity index (χ1n) is 10.3. The predicted octanol–water partition coefficient (Wildman–Crippen LogP) is 1.88. The number of anilines is 3. The topological polar surface area (TPSA) is 132 Å². The molecule has 1 amide bonds. The zero-order chi connectivity index (χ0) is 22.2. The number of nitrogen functional groups attached to an aromatic ring is 1. The molecule has 5 rings (SSSR count). The lowest BCUT2D eigenvalue weighted by molar-refractivity contribution is 0.100. The number of nitrogens with zero attached hydrogens (tertiary/aromatic N) is 7. The van der Waals surface area contributed by atoms with Gasteiger partial charge in [0, 0.05) is 43.6 Å². The van der Waals surface area contributed by atoms with Crippen LogP contribution in [0.3, 0.4) is 0 Å². The summed E-state index contributed by atoms with van der Waals surface area (Å²) in [5, 5.41) is 13.0. The second-order valence-electron chi connectivity index (χ2n) is 7.70. The molecular formula is C21H23N9OS. The smallest absolute Gasteiger partial charge is 0.260 e. The number of nitrogens with two attached hydrogens (primary N) is 2. The van der Waals surface area contributed by atoms with Crippen molar-refractivity contribution in [2.75, 3.05) is 41.7 Å². The Morgan fingerprint density at radius 2 is 1.81 bits per heavy atom. The van der Waals surface area contributed by atoms with Crippen LogP contribution in [0.4, 0.5) is 17.1 Å². The SMILES string of the molecule is Cn1nnc(-c2ccc(N3CCCN(c4ccnc5sc(C(N)=O)c(N)c45)CC3)cc2)n1. The van der Waals surface area contributed by atoms with E-state index in [9.17, 15) is 4.79 Å². The fourth-order valence-electron chi connectivity index (χ4n) is 4.11. The van der Waals surface area contributed by atoms with Crippen LogP contribution in [0, 0.1) is 0 Å². The fraction of sp³-hybridized carbons (Fsp3) is 0.286. The first-order chi connectivity index (χ1) is 15.5. The molecule has 32 heavy (non-hydrogen) atoms. The largest absolute Gasteiger partial charge is 0.397 e. The van der Waals surface area contributed by atoms with Crippen molar-refractivity contribution >= 4 is 44.5 Å². The number of hydrogen-bond donors (Lipinski definition) is 2. The van der Waals surface area contributed by atoms with Crippen molar-refractivity contribution < 1.29 is 4.79 Å². The average molecular weight is 450 g/mol. The van der Waals surface area contributed by atoms with Gasteiger partial charge in [-0.15, -0.1) is 21.5 Å². The normalized spacial score (nSPS) is 14.7. The van der Waals surface area contributed by atoms with E-state index in [-0.39, 0.29) is 0 Å². The summed E-state index contributed by atoms with van der Waals surface area (Å²) in [6.45, 7) is 3.52. The summed E-state index contributed by atoms with van der Waals surface area (Å²) in [6.07, 6.45) is 2.75. The number of pyridine rings is 1. The summed E-state index contributed by atoms with van der Waals surface area (Å²) < 4.78 is 0. The van der Waals surface area contributed by atoms with Gasteiger partial charge in [0.25, 0.3) is 5.91 Å².